The van der Waals surface area contributed by atoms with Crippen molar-refractivity contribution in [3.63, 3.8) is 0 Å². The molecule has 0 unspecified atom stereocenters. The standard InChI is InChI=1S/C24H48N2O3.C3H6O2/c1-3-5-7-9-11-12-14-15-17-19-22(21-23(27)26-25)29-24(28)20-18-16-13-10-8-6-4-2;1-2-3(4)5/h22H,3-21,25H2,1-2H3,(H,26,27);2H2,1H3,(H,4,5)/t22-;/m1./s1. The SMILES string of the molecule is CCC(=O)O.CCCCCCCCCCC[C@H](CC(=O)NN)OC(=O)CCCCCCCCC. The van der Waals surface area contributed by atoms with E-state index in [1.165, 1.54) is 77.0 Å². The highest BCUT2D eigenvalue weighted by atomic mass is 16.5. The van der Waals surface area contributed by atoms with E-state index in [1.807, 2.05) is 0 Å². The van der Waals surface area contributed by atoms with Gasteiger partial charge >= 0.3 is 11.9 Å². The molecule has 0 aromatic heterocycles. The van der Waals surface area contributed by atoms with E-state index in [-0.39, 0.29) is 30.8 Å². The fourth-order valence-corrected chi connectivity index (χ4v) is 3.62. The Hall–Kier alpha value is -1.63. The van der Waals surface area contributed by atoms with Gasteiger partial charge in [-0.3, -0.25) is 19.8 Å². The monoisotopic (exact) mass is 486 g/mol. The van der Waals surface area contributed by atoms with Crippen LogP contribution in [0.1, 0.15) is 149 Å². The molecule has 0 spiro atoms. The largest absolute Gasteiger partial charge is 0.481 e. The minimum Gasteiger partial charge on any atom is -0.481 e. The molecule has 0 rings (SSSR count). The number of amides is 1. The first-order valence-corrected chi connectivity index (χ1v) is 13.8. The summed E-state index contributed by atoms with van der Waals surface area (Å²) in [7, 11) is 0. The second-order valence-corrected chi connectivity index (χ2v) is 9.12. The average Bonchev–Trinajstić information content (AvgIpc) is 2.82. The zero-order valence-corrected chi connectivity index (χ0v) is 22.4. The van der Waals surface area contributed by atoms with Gasteiger partial charge in [-0.15, -0.1) is 0 Å². The van der Waals surface area contributed by atoms with Gasteiger partial charge in [0, 0.05) is 12.8 Å². The number of rotatable bonds is 22. The lowest BCUT2D eigenvalue weighted by Gasteiger charge is -2.17. The van der Waals surface area contributed by atoms with Crippen LogP contribution in [0.4, 0.5) is 0 Å². The van der Waals surface area contributed by atoms with Crippen LogP contribution in [0.25, 0.3) is 0 Å². The van der Waals surface area contributed by atoms with Crippen molar-refractivity contribution >= 4 is 17.8 Å². The van der Waals surface area contributed by atoms with Gasteiger partial charge in [-0.05, 0) is 19.3 Å². The van der Waals surface area contributed by atoms with Crippen molar-refractivity contribution < 1.29 is 24.2 Å². The lowest BCUT2D eigenvalue weighted by atomic mass is 10.0. The number of nitrogens with two attached hydrogens (primary N) is 1. The third-order valence-electron chi connectivity index (χ3n) is 5.79. The van der Waals surface area contributed by atoms with Crippen molar-refractivity contribution in [2.75, 3.05) is 0 Å². The number of hydrogen-bond donors (Lipinski definition) is 3. The number of hydrazine groups is 1. The summed E-state index contributed by atoms with van der Waals surface area (Å²) in [4.78, 5) is 33.1. The van der Waals surface area contributed by atoms with Gasteiger partial charge in [-0.2, -0.15) is 0 Å². The number of carboxylic acid groups (broad SMARTS) is 1. The Morgan fingerprint density at radius 1 is 0.735 bits per heavy atom. The van der Waals surface area contributed by atoms with Crippen LogP contribution in [0.3, 0.4) is 0 Å². The Kier molecular flexibility index (Phi) is 28.0. The molecule has 1 atom stereocenters. The molecule has 0 heterocycles. The summed E-state index contributed by atoms with van der Waals surface area (Å²) in [5.74, 6) is 4.01. The fourth-order valence-electron chi connectivity index (χ4n) is 3.62. The molecule has 0 aromatic carbocycles. The van der Waals surface area contributed by atoms with E-state index in [0.717, 1.165) is 32.1 Å². The van der Waals surface area contributed by atoms with Gasteiger partial charge in [0.25, 0.3) is 0 Å². The summed E-state index contributed by atoms with van der Waals surface area (Å²) in [5.41, 5.74) is 2.15. The molecule has 202 valence electrons. The summed E-state index contributed by atoms with van der Waals surface area (Å²) in [6, 6.07) is 0. The Labute approximate surface area is 208 Å². The molecule has 1 amide bonds. The maximum atomic E-state index is 12.1. The number of nitrogens with one attached hydrogen (secondary N) is 1. The number of carboxylic acids is 1. The Morgan fingerprint density at radius 3 is 1.56 bits per heavy atom. The highest BCUT2D eigenvalue weighted by molar-refractivity contribution is 5.76. The van der Waals surface area contributed by atoms with E-state index in [4.69, 9.17) is 15.7 Å². The molecular formula is C27H54N2O5. The fraction of sp³-hybridized carbons (Fsp3) is 0.889. The van der Waals surface area contributed by atoms with Gasteiger partial charge in [0.2, 0.25) is 5.91 Å². The smallest absolute Gasteiger partial charge is 0.306 e. The maximum absolute atomic E-state index is 12.1. The molecule has 0 aliphatic heterocycles. The summed E-state index contributed by atoms with van der Waals surface area (Å²) < 4.78 is 5.58. The lowest BCUT2D eigenvalue weighted by molar-refractivity contribution is -0.151. The average molecular weight is 487 g/mol. The molecule has 0 saturated heterocycles. The normalized spacial score (nSPS) is 11.3. The third-order valence-corrected chi connectivity index (χ3v) is 5.79. The van der Waals surface area contributed by atoms with Gasteiger partial charge < -0.3 is 9.84 Å². The zero-order chi connectivity index (χ0) is 25.9. The number of ether oxygens (including phenoxy) is 1. The Bertz CT molecular complexity index is 486. The minimum absolute atomic E-state index is 0.163. The summed E-state index contributed by atoms with van der Waals surface area (Å²) in [5, 5.41) is 7.72. The van der Waals surface area contributed by atoms with Crippen molar-refractivity contribution in [1.82, 2.24) is 5.43 Å². The van der Waals surface area contributed by atoms with Crippen LogP contribution >= 0.6 is 0 Å². The van der Waals surface area contributed by atoms with E-state index in [1.54, 1.807) is 6.92 Å². The Balaban J connectivity index is 0. The number of esters is 1. The van der Waals surface area contributed by atoms with Gasteiger partial charge in [0.1, 0.15) is 6.10 Å². The Morgan fingerprint density at radius 2 is 1.15 bits per heavy atom. The van der Waals surface area contributed by atoms with E-state index in [2.05, 4.69) is 19.3 Å². The van der Waals surface area contributed by atoms with Crippen LogP contribution in [-0.4, -0.2) is 29.1 Å². The van der Waals surface area contributed by atoms with E-state index in [9.17, 15) is 14.4 Å². The number of aliphatic carboxylic acids is 1. The molecule has 0 bridgehead atoms. The molecule has 34 heavy (non-hydrogen) atoms. The second-order valence-electron chi connectivity index (χ2n) is 9.12. The van der Waals surface area contributed by atoms with Crippen molar-refractivity contribution in [3.8, 4) is 0 Å². The first-order valence-electron chi connectivity index (χ1n) is 13.8. The first kappa shape index (κ1) is 34.5. The van der Waals surface area contributed by atoms with Crippen LogP contribution in [0, 0.1) is 0 Å². The van der Waals surface area contributed by atoms with Gasteiger partial charge in [-0.25, -0.2) is 5.84 Å². The molecule has 7 heteroatoms. The van der Waals surface area contributed by atoms with E-state index < -0.39 is 5.97 Å². The van der Waals surface area contributed by atoms with Gasteiger partial charge in [-0.1, -0.05) is 111 Å². The highest BCUT2D eigenvalue weighted by Gasteiger charge is 2.17. The molecular weight excluding hydrogens is 432 g/mol. The molecule has 4 N–H and O–H groups in total. The molecule has 0 radical (unpaired) electrons. The predicted octanol–water partition coefficient (Wildman–Crippen LogP) is 6.82. The molecule has 0 fully saturated rings. The molecule has 0 aromatic rings. The zero-order valence-electron chi connectivity index (χ0n) is 22.4. The summed E-state index contributed by atoms with van der Waals surface area (Å²) in [6.07, 6.45) is 20.7. The second kappa shape index (κ2) is 27.6. The molecule has 7 nitrogen and oxygen atoms in total. The lowest BCUT2D eigenvalue weighted by Crippen LogP contribution is -2.34. The predicted molar refractivity (Wildman–Crippen MR) is 139 cm³/mol. The van der Waals surface area contributed by atoms with Crippen LogP contribution in [0.5, 0.6) is 0 Å². The third kappa shape index (κ3) is 28.4. The van der Waals surface area contributed by atoms with Crippen LogP contribution in [0.2, 0.25) is 0 Å². The van der Waals surface area contributed by atoms with Gasteiger partial charge in [0.15, 0.2) is 0 Å². The topological polar surface area (TPSA) is 119 Å². The minimum atomic E-state index is -0.745. The molecule has 0 saturated carbocycles. The molecule has 0 aliphatic carbocycles. The number of hydrogen-bond acceptors (Lipinski definition) is 5. The first-order chi connectivity index (χ1) is 16.4. The number of unbranched alkanes of at least 4 members (excludes halogenated alkanes) is 14. The van der Waals surface area contributed by atoms with E-state index in [0.29, 0.717) is 6.42 Å². The maximum Gasteiger partial charge on any atom is 0.306 e. The number of carbonyl (C=O) groups excluding carboxylic acids is 2. The number of carbonyl (C=O) groups is 3. The van der Waals surface area contributed by atoms with Crippen molar-refractivity contribution in [2.24, 2.45) is 5.84 Å². The van der Waals surface area contributed by atoms with Crippen molar-refractivity contribution in [1.29, 1.82) is 0 Å². The summed E-state index contributed by atoms with van der Waals surface area (Å²) >= 11 is 0. The van der Waals surface area contributed by atoms with Crippen LogP contribution in [-0.2, 0) is 19.1 Å². The van der Waals surface area contributed by atoms with Crippen molar-refractivity contribution in [3.05, 3.63) is 0 Å². The van der Waals surface area contributed by atoms with Crippen LogP contribution in [0.15, 0.2) is 0 Å². The summed E-state index contributed by atoms with van der Waals surface area (Å²) in [6.45, 7) is 6.05. The van der Waals surface area contributed by atoms with E-state index >= 15 is 0 Å². The van der Waals surface area contributed by atoms with Gasteiger partial charge in [0.05, 0.1) is 6.42 Å². The van der Waals surface area contributed by atoms with Crippen molar-refractivity contribution in [2.45, 2.75) is 155 Å². The van der Waals surface area contributed by atoms with Crippen LogP contribution < -0.4 is 11.3 Å². The molecule has 0 aliphatic rings. The quantitative estimate of drug-likeness (QED) is 0.0508. The highest BCUT2D eigenvalue weighted by Crippen LogP contribution is 2.16.